The monoisotopic (exact) mass is 335 g/mol. The first-order valence-corrected chi connectivity index (χ1v) is 6.22. The molecule has 2 atom stereocenters. The van der Waals surface area contributed by atoms with E-state index < -0.39 is 0 Å². The Balaban J connectivity index is 3.24. The topological polar surface area (TPSA) is 43.1 Å². The van der Waals surface area contributed by atoms with Crippen LogP contribution in [0.25, 0.3) is 0 Å². The van der Waals surface area contributed by atoms with Gasteiger partial charge in [0.05, 0.1) is 4.92 Å². The summed E-state index contributed by atoms with van der Waals surface area (Å²) in [4.78, 5) is 10.7. The molecule has 0 bridgehead atoms. The van der Waals surface area contributed by atoms with E-state index in [9.17, 15) is 10.1 Å². The van der Waals surface area contributed by atoms with Crippen molar-refractivity contribution >= 4 is 37.5 Å². The Labute approximate surface area is 105 Å². The number of hydrogen-bond acceptors (Lipinski definition) is 2. The maximum atomic E-state index is 10.8. The molecule has 2 unspecified atom stereocenters. The van der Waals surface area contributed by atoms with Gasteiger partial charge in [0.15, 0.2) is 0 Å². The lowest BCUT2D eigenvalue weighted by molar-refractivity contribution is -0.385. The first kappa shape index (κ1) is 12.6. The zero-order chi connectivity index (χ0) is 11.6. The molecule has 0 radical (unpaired) electrons. The van der Waals surface area contributed by atoms with E-state index in [0.717, 1.165) is 10.0 Å². The van der Waals surface area contributed by atoms with Crippen LogP contribution in [0.2, 0.25) is 0 Å². The molecule has 0 aliphatic carbocycles. The van der Waals surface area contributed by atoms with Crippen LogP contribution in [0.15, 0.2) is 22.7 Å². The molecule has 15 heavy (non-hydrogen) atoms. The number of nitro groups is 1. The molecule has 0 N–H and O–H groups in total. The third-order valence-electron chi connectivity index (χ3n) is 2.37. The molecule has 0 heterocycles. The number of halogens is 2. The van der Waals surface area contributed by atoms with Crippen molar-refractivity contribution in [3.63, 3.8) is 0 Å². The summed E-state index contributed by atoms with van der Waals surface area (Å²) < 4.78 is 0.864. The summed E-state index contributed by atoms with van der Waals surface area (Å²) in [5.74, 6) is 0.0999. The number of benzene rings is 1. The van der Waals surface area contributed by atoms with Crippen LogP contribution >= 0.6 is 31.9 Å². The minimum absolute atomic E-state index is 0.0999. The van der Waals surface area contributed by atoms with E-state index in [4.69, 9.17) is 0 Å². The second-order valence-electron chi connectivity index (χ2n) is 3.43. The fourth-order valence-corrected chi connectivity index (χ4v) is 1.97. The molecule has 0 aliphatic rings. The van der Waals surface area contributed by atoms with Gasteiger partial charge in [-0.25, -0.2) is 0 Å². The Bertz CT molecular complexity index is 380. The molecule has 82 valence electrons. The molecule has 1 aromatic carbocycles. The molecular formula is C10H11Br2NO2. The number of alkyl halides is 1. The van der Waals surface area contributed by atoms with Crippen molar-refractivity contribution < 1.29 is 4.92 Å². The predicted octanol–water partition coefficient (Wildman–Crippen LogP) is 4.24. The van der Waals surface area contributed by atoms with Crippen molar-refractivity contribution in [1.82, 2.24) is 0 Å². The van der Waals surface area contributed by atoms with E-state index in [2.05, 4.69) is 31.9 Å². The highest BCUT2D eigenvalue weighted by atomic mass is 79.9. The van der Waals surface area contributed by atoms with Crippen LogP contribution in [-0.4, -0.2) is 9.75 Å². The van der Waals surface area contributed by atoms with Crippen LogP contribution in [0, 0.1) is 10.1 Å². The average molecular weight is 337 g/mol. The van der Waals surface area contributed by atoms with Gasteiger partial charge < -0.3 is 0 Å². The fourth-order valence-electron chi connectivity index (χ4n) is 1.30. The Hall–Kier alpha value is -0.420. The molecule has 0 amide bonds. The van der Waals surface area contributed by atoms with E-state index in [1.807, 2.05) is 13.8 Å². The smallest absolute Gasteiger partial charge is 0.258 e. The second-order valence-corrected chi connectivity index (χ2v) is 5.79. The van der Waals surface area contributed by atoms with Crippen molar-refractivity contribution in [3.8, 4) is 0 Å². The number of nitro benzene ring substituents is 1. The van der Waals surface area contributed by atoms with Crippen molar-refractivity contribution in [3.05, 3.63) is 38.3 Å². The van der Waals surface area contributed by atoms with E-state index in [1.165, 1.54) is 6.07 Å². The predicted molar refractivity (Wildman–Crippen MR) is 67.6 cm³/mol. The molecule has 0 aromatic heterocycles. The van der Waals surface area contributed by atoms with Crippen LogP contribution in [0.3, 0.4) is 0 Å². The third kappa shape index (κ3) is 3.01. The lowest BCUT2D eigenvalue weighted by Gasteiger charge is -2.14. The summed E-state index contributed by atoms with van der Waals surface area (Å²) in [6, 6.07) is 5.03. The van der Waals surface area contributed by atoms with Gasteiger partial charge in [0.2, 0.25) is 0 Å². The molecule has 1 aromatic rings. The Morgan fingerprint density at radius 2 is 2.00 bits per heavy atom. The summed E-state index contributed by atoms with van der Waals surface area (Å²) in [5.41, 5.74) is 0.927. The highest BCUT2D eigenvalue weighted by Gasteiger charge is 2.21. The van der Waals surface area contributed by atoms with Crippen LogP contribution in [-0.2, 0) is 0 Å². The van der Waals surface area contributed by atoms with Gasteiger partial charge in [-0.2, -0.15) is 0 Å². The second kappa shape index (κ2) is 5.07. The Morgan fingerprint density at radius 1 is 1.40 bits per heavy atom. The minimum Gasteiger partial charge on any atom is -0.258 e. The van der Waals surface area contributed by atoms with Gasteiger partial charge in [0.25, 0.3) is 5.69 Å². The normalized spacial score (nSPS) is 14.7. The summed E-state index contributed by atoms with van der Waals surface area (Å²) in [7, 11) is 0. The van der Waals surface area contributed by atoms with Gasteiger partial charge in [-0.15, -0.1) is 0 Å². The molecule has 0 spiro atoms. The lowest BCUT2D eigenvalue weighted by Crippen LogP contribution is -2.07. The molecular weight excluding hydrogens is 326 g/mol. The number of hydrogen-bond donors (Lipinski definition) is 0. The van der Waals surface area contributed by atoms with Crippen LogP contribution in [0.1, 0.15) is 25.3 Å². The summed E-state index contributed by atoms with van der Waals surface area (Å²) in [5, 5.41) is 10.8. The molecule has 1 rings (SSSR count). The van der Waals surface area contributed by atoms with Crippen molar-refractivity contribution in [2.75, 3.05) is 0 Å². The molecule has 0 aliphatic heterocycles. The van der Waals surface area contributed by atoms with Gasteiger partial charge in [0.1, 0.15) is 0 Å². The quantitative estimate of drug-likeness (QED) is 0.470. The third-order valence-corrected chi connectivity index (χ3v) is 3.65. The van der Waals surface area contributed by atoms with Gasteiger partial charge in [-0.3, -0.25) is 10.1 Å². The highest BCUT2D eigenvalue weighted by Crippen LogP contribution is 2.33. The molecule has 3 nitrogen and oxygen atoms in total. The maximum absolute atomic E-state index is 10.8. The minimum atomic E-state index is -0.340. The van der Waals surface area contributed by atoms with E-state index in [1.54, 1.807) is 12.1 Å². The van der Waals surface area contributed by atoms with Gasteiger partial charge >= 0.3 is 0 Å². The highest BCUT2D eigenvalue weighted by molar-refractivity contribution is 9.10. The van der Waals surface area contributed by atoms with Crippen molar-refractivity contribution in [2.24, 2.45) is 0 Å². The van der Waals surface area contributed by atoms with E-state index in [0.29, 0.717) is 0 Å². The summed E-state index contributed by atoms with van der Waals surface area (Å²) >= 11 is 6.77. The largest absolute Gasteiger partial charge is 0.272 e. The summed E-state index contributed by atoms with van der Waals surface area (Å²) in [6.45, 7) is 3.95. The van der Waals surface area contributed by atoms with Gasteiger partial charge in [-0.1, -0.05) is 45.7 Å². The molecule has 5 heteroatoms. The zero-order valence-electron chi connectivity index (χ0n) is 8.41. The first-order valence-electron chi connectivity index (χ1n) is 4.51. The Morgan fingerprint density at radius 3 is 2.47 bits per heavy atom. The molecule has 0 fully saturated rings. The zero-order valence-corrected chi connectivity index (χ0v) is 11.6. The van der Waals surface area contributed by atoms with E-state index >= 15 is 0 Å². The van der Waals surface area contributed by atoms with Crippen molar-refractivity contribution in [1.29, 1.82) is 0 Å². The average Bonchev–Trinajstić information content (AvgIpc) is 2.15. The number of nitrogens with zero attached hydrogens (tertiary/aromatic N) is 1. The standard InChI is InChI=1S/C10H11Br2NO2/c1-6(7(2)11)9-5-8(12)3-4-10(9)13(14)15/h3-7H,1-2H3. The lowest BCUT2D eigenvalue weighted by atomic mass is 9.97. The van der Waals surface area contributed by atoms with Crippen LogP contribution in [0.5, 0.6) is 0 Å². The summed E-state index contributed by atoms with van der Waals surface area (Å²) in [6.07, 6.45) is 0. The van der Waals surface area contributed by atoms with Crippen molar-refractivity contribution in [2.45, 2.75) is 24.6 Å². The molecule has 0 saturated carbocycles. The maximum Gasteiger partial charge on any atom is 0.272 e. The molecule has 0 saturated heterocycles. The van der Waals surface area contributed by atoms with Crippen LogP contribution in [0.4, 0.5) is 5.69 Å². The number of rotatable bonds is 3. The van der Waals surface area contributed by atoms with E-state index in [-0.39, 0.29) is 21.4 Å². The van der Waals surface area contributed by atoms with Crippen LogP contribution < -0.4 is 0 Å². The van der Waals surface area contributed by atoms with Gasteiger partial charge in [0, 0.05) is 26.8 Å². The first-order chi connectivity index (χ1) is 6.93. The van der Waals surface area contributed by atoms with Gasteiger partial charge in [-0.05, 0) is 12.1 Å². The Kier molecular flexibility index (Phi) is 4.28. The SMILES string of the molecule is CC(Br)C(C)c1cc(Br)ccc1[N+](=O)[O-]. The fraction of sp³-hybridized carbons (Fsp3) is 0.400.